The molecule has 1 aromatic carbocycles. The van der Waals surface area contributed by atoms with Crippen LogP contribution in [0.1, 0.15) is 24.5 Å². The topological polar surface area (TPSA) is 35.5 Å². The van der Waals surface area contributed by atoms with E-state index >= 15 is 0 Å². The second-order valence-corrected chi connectivity index (χ2v) is 5.83. The molecule has 20 heavy (non-hydrogen) atoms. The molecule has 3 saturated heterocycles. The summed E-state index contributed by atoms with van der Waals surface area (Å²) in [6.07, 6.45) is 1.35. The van der Waals surface area contributed by atoms with Crippen LogP contribution in [0.5, 0.6) is 0 Å². The van der Waals surface area contributed by atoms with Gasteiger partial charge in [-0.05, 0) is 50.0 Å². The van der Waals surface area contributed by atoms with E-state index in [1.165, 1.54) is 12.8 Å². The first kappa shape index (κ1) is 13.9. The average molecular weight is 282 g/mol. The minimum atomic E-state index is -1.01. The van der Waals surface area contributed by atoms with E-state index in [9.17, 15) is 13.9 Å². The lowest BCUT2D eigenvalue weighted by molar-refractivity contribution is 0.0631. The van der Waals surface area contributed by atoms with Gasteiger partial charge in [-0.3, -0.25) is 0 Å². The molecule has 3 nitrogen and oxygen atoms in total. The summed E-state index contributed by atoms with van der Waals surface area (Å²) in [6.45, 7) is 3.56. The molecule has 0 radical (unpaired) electrons. The van der Waals surface area contributed by atoms with E-state index in [0.29, 0.717) is 12.0 Å². The number of piperidine rings is 3. The monoisotopic (exact) mass is 282 g/mol. The first-order valence-corrected chi connectivity index (χ1v) is 7.22. The molecule has 4 rings (SSSR count). The number of fused-ring (bicyclic) bond motifs is 3. The molecule has 0 aliphatic carbocycles. The molecule has 2 unspecified atom stereocenters. The second kappa shape index (κ2) is 5.76. The number of nitrogens with zero attached hydrogens (tertiary/aromatic N) is 1. The first-order chi connectivity index (χ1) is 9.63. The van der Waals surface area contributed by atoms with Crippen molar-refractivity contribution < 1.29 is 13.9 Å². The van der Waals surface area contributed by atoms with Crippen molar-refractivity contribution >= 4 is 0 Å². The number of rotatable bonds is 4. The van der Waals surface area contributed by atoms with Gasteiger partial charge in [0.2, 0.25) is 0 Å². The number of hydrogen-bond donors (Lipinski definition) is 2. The van der Waals surface area contributed by atoms with Crippen LogP contribution in [-0.4, -0.2) is 42.2 Å². The van der Waals surface area contributed by atoms with Crippen LogP contribution in [0.4, 0.5) is 8.78 Å². The Morgan fingerprint density at radius 2 is 2.05 bits per heavy atom. The van der Waals surface area contributed by atoms with Crippen molar-refractivity contribution in [3.63, 3.8) is 0 Å². The van der Waals surface area contributed by atoms with Crippen molar-refractivity contribution in [2.45, 2.75) is 25.0 Å². The highest BCUT2D eigenvalue weighted by atomic mass is 19.1. The molecule has 0 spiro atoms. The fourth-order valence-corrected chi connectivity index (χ4v) is 3.34. The third-order valence-corrected chi connectivity index (χ3v) is 4.55. The van der Waals surface area contributed by atoms with Crippen LogP contribution < -0.4 is 5.32 Å². The van der Waals surface area contributed by atoms with E-state index in [-0.39, 0.29) is 12.1 Å². The van der Waals surface area contributed by atoms with Crippen molar-refractivity contribution in [1.29, 1.82) is 0 Å². The van der Waals surface area contributed by atoms with E-state index in [1.807, 2.05) is 0 Å². The minimum Gasteiger partial charge on any atom is -0.387 e. The summed E-state index contributed by atoms with van der Waals surface area (Å²) in [5.74, 6) is -0.442. The number of nitrogens with one attached hydrogen (secondary N) is 1. The lowest BCUT2D eigenvalue weighted by Gasteiger charge is -2.45. The summed E-state index contributed by atoms with van der Waals surface area (Å²) in [5, 5.41) is 13.4. The number of benzene rings is 1. The Bertz CT molecular complexity index is 475. The Morgan fingerprint density at radius 1 is 1.30 bits per heavy atom. The summed E-state index contributed by atoms with van der Waals surface area (Å²) in [7, 11) is 0. The first-order valence-electron chi connectivity index (χ1n) is 7.22. The van der Waals surface area contributed by atoms with Gasteiger partial charge in [-0.25, -0.2) is 8.78 Å². The van der Waals surface area contributed by atoms with Crippen molar-refractivity contribution in [3.8, 4) is 0 Å². The summed E-state index contributed by atoms with van der Waals surface area (Å²) in [4.78, 5) is 2.41. The van der Waals surface area contributed by atoms with Crippen LogP contribution in [0.3, 0.4) is 0 Å². The van der Waals surface area contributed by atoms with E-state index in [1.54, 1.807) is 0 Å². The predicted molar refractivity (Wildman–Crippen MR) is 72.3 cm³/mol. The molecule has 0 aromatic heterocycles. The van der Waals surface area contributed by atoms with Crippen molar-refractivity contribution in [3.05, 3.63) is 35.4 Å². The van der Waals surface area contributed by atoms with Crippen molar-refractivity contribution in [2.24, 2.45) is 5.92 Å². The van der Waals surface area contributed by atoms with Crippen LogP contribution in [-0.2, 0) is 0 Å². The smallest absolute Gasteiger partial charge is 0.129 e. The fourth-order valence-electron chi connectivity index (χ4n) is 3.34. The summed E-state index contributed by atoms with van der Waals surface area (Å²) in [5.41, 5.74) is 0.0266. The van der Waals surface area contributed by atoms with Crippen molar-refractivity contribution in [2.75, 3.05) is 26.2 Å². The fraction of sp³-hybridized carbons (Fsp3) is 0.600. The zero-order chi connectivity index (χ0) is 14.1. The Morgan fingerprint density at radius 3 is 2.70 bits per heavy atom. The van der Waals surface area contributed by atoms with Gasteiger partial charge in [0.1, 0.15) is 11.6 Å². The molecule has 110 valence electrons. The molecule has 3 aliphatic heterocycles. The predicted octanol–water partition coefficient (Wildman–Crippen LogP) is 1.68. The maximum atomic E-state index is 13.6. The van der Waals surface area contributed by atoms with E-state index in [2.05, 4.69) is 10.2 Å². The van der Waals surface area contributed by atoms with E-state index in [4.69, 9.17) is 0 Å². The van der Waals surface area contributed by atoms with Gasteiger partial charge in [-0.1, -0.05) is 0 Å². The number of aliphatic hydroxyl groups is 1. The Balaban J connectivity index is 1.59. The SMILES string of the molecule is OC(CNC1CN2CCC1CC2)c1cc(F)ccc1F. The molecule has 1 aromatic rings. The van der Waals surface area contributed by atoms with Gasteiger partial charge in [-0.2, -0.15) is 0 Å². The van der Waals surface area contributed by atoms with Crippen LogP contribution in [0.2, 0.25) is 0 Å². The molecule has 0 saturated carbocycles. The Hall–Kier alpha value is -1.04. The molecule has 2 bridgehead atoms. The van der Waals surface area contributed by atoms with Crippen LogP contribution in [0.15, 0.2) is 18.2 Å². The highest BCUT2D eigenvalue weighted by Gasteiger charge is 2.34. The quantitative estimate of drug-likeness (QED) is 0.882. The molecule has 3 aliphatic rings. The van der Waals surface area contributed by atoms with Crippen LogP contribution in [0.25, 0.3) is 0 Å². The zero-order valence-electron chi connectivity index (χ0n) is 11.4. The largest absolute Gasteiger partial charge is 0.387 e. The maximum absolute atomic E-state index is 13.6. The number of aliphatic hydroxyl groups excluding tert-OH is 1. The van der Waals surface area contributed by atoms with Gasteiger partial charge in [0.05, 0.1) is 6.10 Å². The minimum absolute atomic E-state index is 0.0266. The lowest BCUT2D eigenvalue weighted by Crippen LogP contribution is -2.56. The molecule has 3 fully saturated rings. The highest BCUT2D eigenvalue weighted by molar-refractivity contribution is 5.21. The van der Waals surface area contributed by atoms with Gasteiger partial charge in [0.25, 0.3) is 0 Å². The average Bonchev–Trinajstić information content (AvgIpc) is 2.48. The highest BCUT2D eigenvalue weighted by Crippen LogP contribution is 2.28. The zero-order valence-corrected chi connectivity index (χ0v) is 11.4. The molecule has 3 heterocycles. The molecular formula is C15H20F2N2O. The second-order valence-electron chi connectivity index (χ2n) is 5.83. The Kier molecular flexibility index (Phi) is 4.01. The van der Waals surface area contributed by atoms with Gasteiger partial charge < -0.3 is 15.3 Å². The van der Waals surface area contributed by atoms with Gasteiger partial charge in [0, 0.05) is 24.7 Å². The Labute approximate surface area is 117 Å². The molecule has 2 atom stereocenters. The normalized spacial score (nSPS) is 30.4. The van der Waals surface area contributed by atoms with Crippen LogP contribution >= 0.6 is 0 Å². The third-order valence-electron chi connectivity index (χ3n) is 4.55. The van der Waals surface area contributed by atoms with Crippen molar-refractivity contribution in [1.82, 2.24) is 10.2 Å². The van der Waals surface area contributed by atoms with E-state index in [0.717, 1.165) is 37.8 Å². The van der Waals surface area contributed by atoms with Gasteiger partial charge in [0.15, 0.2) is 0 Å². The number of halogens is 2. The molecule has 5 heteroatoms. The van der Waals surface area contributed by atoms with Gasteiger partial charge >= 0.3 is 0 Å². The summed E-state index contributed by atoms with van der Waals surface area (Å²) in [6, 6.07) is 3.54. The third kappa shape index (κ3) is 2.85. The molecule has 0 amide bonds. The van der Waals surface area contributed by atoms with Gasteiger partial charge in [-0.15, -0.1) is 0 Å². The molecule has 2 N–H and O–H groups in total. The summed E-state index contributed by atoms with van der Waals surface area (Å²) >= 11 is 0. The number of hydrogen-bond acceptors (Lipinski definition) is 3. The van der Waals surface area contributed by atoms with Crippen LogP contribution in [0, 0.1) is 17.6 Å². The van der Waals surface area contributed by atoms with E-state index < -0.39 is 17.7 Å². The lowest BCUT2D eigenvalue weighted by atomic mass is 9.84. The standard InChI is InChI=1S/C15H20F2N2O/c16-11-1-2-13(17)12(7-11)15(20)8-18-14-9-19-5-3-10(14)4-6-19/h1-2,7,10,14-15,18,20H,3-6,8-9H2. The molecular weight excluding hydrogens is 262 g/mol. The summed E-state index contributed by atoms with van der Waals surface area (Å²) < 4.78 is 26.7. The maximum Gasteiger partial charge on any atom is 0.129 e.